The maximum atomic E-state index is 5.44. The van der Waals surface area contributed by atoms with E-state index >= 15 is 0 Å². The maximum Gasteiger partial charge on any atom is 0.135 e. The smallest absolute Gasteiger partial charge is 0.135 e. The molecule has 1 aromatic heterocycles. The van der Waals surface area contributed by atoms with Crippen molar-refractivity contribution in [3.8, 4) is 0 Å². The second kappa shape index (κ2) is 8.47. The standard InChI is InChI=1S/C15H25N3O.C3H8/c1-6-12-13(15(3,4)5)16-11(2)17-14(12)18-7-9-19-10-8-18;1-3-2/h6-10H2,1-5H3;3H2,1-2H3. The second-order valence-electron chi connectivity index (χ2n) is 6.83. The van der Waals surface area contributed by atoms with Crippen molar-refractivity contribution < 1.29 is 4.74 Å². The van der Waals surface area contributed by atoms with Gasteiger partial charge >= 0.3 is 0 Å². The van der Waals surface area contributed by atoms with E-state index in [9.17, 15) is 0 Å². The summed E-state index contributed by atoms with van der Waals surface area (Å²) in [5, 5.41) is 0. The fourth-order valence-electron chi connectivity index (χ4n) is 2.56. The van der Waals surface area contributed by atoms with Gasteiger partial charge in [-0.15, -0.1) is 0 Å². The molecule has 0 amide bonds. The first-order chi connectivity index (χ1) is 10.3. The molecule has 22 heavy (non-hydrogen) atoms. The average Bonchev–Trinajstić information content (AvgIpc) is 2.47. The summed E-state index contributed by atoms with van der Waals surface area (Å²) >= 11 is 0. The average molecular weight is 307 g/mol. The topological polar surface area (TPSA) is 38.2 Å². The van der Waals surface area contributed by atoms with Gasteiger partial charge in [0.15, 0.2) is 0 Å². The number of ether oxygens (including phenoxy) is 1. The summed E-state index contributed by atoms with van der Waals surface area (Å²) < 4.78 is 5.44. The molecule has 0 unspecified atom stereocenters. The molecule has 0 spiro atoms. The Kier molecular flexibility index (Phi) is 7.27. The first-order valence-corrected chi connectivity index (χ1v) is 8.55. The summed E-state index contributed by atoms with van der Waals surface area (Å²) in [6, 6.07) is 0. The molecule has 4 nitrogen and oxygen atoms in total. The number of hydrogen-bond donors (Lipinski definition) is 0. The Hall–Kier alpha value is -1.16. The van der Waals surface area contributed by atoms with Gasteiger partial charge in [-0.3, -0.25) is 0 Å². The molecule has 0 atom stereocenters. The zero-order valence-electron chi connectivity index (χ0n) is 15.5. The van der Waals surface area contributed by atoms with Gasteiger partial charge in [-0.05, 0) is 13.3 Å². The van der Waals surface area contributed by atoms with Gasteiger partial charge in [0.25, 0.3) is 0 Å². The lowest BCUT2D eigenvalue weighted by atomic mass is 9.87. The van der Waals surface area contributed by atoms with Crippen molar-refractivity contribution in [3.63, 3.8) is 0 Å². The van der Waals surface area contributed by atoms with E-state index in [0.717, 1.165) is 44.4 Å². The van der Waals surface area contributed by atoms with Crippen molar-refractivity contribution in [1.29, 1.82) is 0 Å². The van der Waals surface area contributed by atoms with E-state index in [-0.39, 0.29) is 5.41 Å². The van der Waals surface area contributed by atoms with Crippen molar-refractivity contribution in [3.05, 3.63) is 17.1 Å². The largest absolute Gasteiger partial charge is 0.378 e. The van der Waals surface area contributed by atoms with Crippen LogP contribution < -0.4 is 4.90 Å². The molecule has 0 aromatic carbocycles. The minimum atomic E-state index is 0.0556. The summed E-state index contributed by atoms with van der Waals surface area (Å²) in [6.07, 6.45) is 2.22. The highest BCUT2D eigenvalue weighted by Crippen LogP contribution is 2.30. The van der Waals surface area contributed by atoms with Crippen LogP contribution >= 0.6 is 0 Å². The van der Waals surface area contributed by atoms with E-state index in [1.807, 2.05) is 6.92 Å². The maximum absolute atomic E-state index is 5.44. The summed E-state index contributed by atoms with van der Waals surface area (Å²) in [5.74, 6) is 1.98. The summed E-state index contributed by atoms with van der Waals surface area (Å²) in [7, 11) is 0. The summed E-state index contributed by atoms with van der Waals surface area (Å²) in [4.78, 5) is 11.7. The second-order valence-corrected chi connectivity index (χ2v) is 6.83. The zero-order chi connectivity index (χ0) is 16.8. The van der Waals surface area contributed by atoms with Crippen LogP contribution in [0, 0.1) is 6.92 Å². The monoisotopic (exact) mass is 307 g/mol. The van der Waals surface area contributed by atoms with Crippen LogP contribution in [-0.2, 0) is 16.6 Å². The Labute approximate surface area is 136 Å². The van der Waals surface area contributed by atoms with Crippen LogP contribution in [-0.4, -0.2) is 36.3 Å². The van der Waals surface area contributed by atoms with Gasteiger partial charge in [0.2, 0.25) is 0 Å². The Bertz CT molecular complexity index is 460. The number of aryl methyl sites for hydroxylation is 1. The molecular formula is C18H33N3O. The molecule has 0 radical (unpaired) electrons. The Morgan fingerprint density at radius 3 is 2.05 bits per heavy atom. The molecule has 2 rings (SSSR count). The van der Waals surface area contributed by atoms with Crippen molar-refractivity contribution >= 4 is 5.82 Å². The van der Waals surface area contributed by atoms with Crippen molar-refractivity contribution in [1.82, 2.24) is 9.97 Å². The Morgan fingerprint density at radius 1 is 1.05 bits per heavy atom. The first-order valence-electron chi connectivity index (χ1n) is 8.55. The van der Waals surface area contributed by atoms with E-state index in [2.05, 4.69) is 46.4 Å². The minimum absolute atomic E-state index is 0.0556. The number of morpholine rings is 1. The molecule has 1 aliphatic heterocycles. The minimum Gasteiger partial charge on any atom is -0.378 e. The third-order valence-electron chi connectivity index (χ3n) is 3.47. The molecule has 0 aliphatic carbocycles. The van der Waals surface area contributed by atoms with Gasteiger partial charge in [-0.1, -0.05) is 48.0 Å². The van der Waals surface area contributed by atoms with E-state index < -0.39 is 0 Å². The SMILES string of the molecule is CCC.CCc1c(N2CCOCC2)nc(C)nc1C(C)(C)C. The molecular weight excluding hydrogens is 274 g/mol. The highest BCUT2D eigenvalue weighted by atomic mass is 16.5. The van der Waals surface area contributed by atoms with E-state index in [0.29, 0.717) is 0 Å². The third kappa shape index (κ3) is 4.94. The molecule has 0 N–H and O–H groups in total. The highest BCUT2D eigenvalue weighted by molar-refractivity contribution is 5.51. The number of nitrogens with zero attached hydrogens (tertiary/aromatic N) is 3. The molecule has 126 valence electrons. The normalized spacial score (nSPS) is 15.3. The molecule has 0 bridgehead atoms. The molecule has 1 aromatic rings. The predicted octanol–water partition coefficient (Wildman–Crippen LogP) is 3.90. The number of aromatic nitrogens is 2. The van der Waals surface area contributed by atoms with Gasteiger partial charge in [0.05, 0.1) is 18.9 Å². The Balaban J connectivity index is 0.000000745. The third-order valence-corrected chi connectivity index (χ3v) is 3.47. The molecule has 1 fully saturated rings. The molecule has 4 heteroatoms. The molecule has 1 aliphatic rings. The molecule has 1 saturated heterocycles. The highest BCUT2D eigenvalue weighted by Gasteiger charge is 2.25. The van der Waals surface area contributed by atoms with E-state index in [1.54, 1.807) is 0 Å². The fourth-order valence-corrected chi connectivity index (χ4v) is 2.56. The van der Waals surface area contributed by atoms with E-state index in [4.69, 9.17) is 14.7 Å². The Morgan fingerprint density at radius 2 is 1.59 bits per heavy atom. The zero-order valence-corrected chi connectivity index (χ0v) is 15.5. The lowest BCUT2D eigenvalue weighted by molar-refractivity contribution is 0.122. The first kappa shape index (κ1) is 18.9. The van der Waals surface area contributed by atoms with Crippen molar-refractivity contribution in [2.75, 3.05) is 31.2 Å². The van der Waals surface area contributed by atoms with Crippen LogP contribution in [0.4, 0.5) is 5.82 Å². The van der Waals surface area contributed by atoms with Crippen LogP contribution in [0.5, 0.6) is 0 Å². The number of anilines is 1. The van der Waals surface area contributed by atoms with Gasteiger partial charge in [-0.25, -0.2) is 9.97 Å². The summed E-state index contributed by atoms with van der Waals surface area (Å²) in [6.45, 7) is 18.5. The van der Waals surface area contributed by atoms with Gasteiger partial charge < -0.3 is 9.64 Å². The molecule has 0 saturated carbocycles. The fraction of sp³-hybridized carbons (Fsp3) is 0.778. The van der Waals surface area contributed by atoms with Crippen molar-refractivity contribution in [2.45, 2.75) is 66.7 Å². The lowest BCUT2D eigenvalue weighted by Gasteiger charge is -2.32. The lowest BCUT2D eigenvalue weighted by Crippen LogP contribution is -2.38. The quantitative estimate of drug-likeness (QED) is 0.830. The summed E-state index contributed by atoms with van der Waals surface area (Å²) in [5.41, 5.74) is 2.53. The molecule has 2 heterocycles. The van der Waals surface area contributed by atoms with Crippen LogP contribution in [0.15, 0.2) is 0 Å². The van der Waals surface area contributed by atoms with Crippen LogP contribution in [0.25, 0.3) is 0 Å². The predicted molar refractivity (Wildman–Crippen MR) is 93.8 cm³/mol. The van der Waals surface area contributed by atoms with Crippen molar-refractivity contribution in [2.24, 2.45) is 0 Å². The van der Waals surface area contributed by atoms with Gasteiger partial charge in [-0.2, -0.15) is 0 Å². The number of rotatable bonds is 2. The van der Waals surface area contributed by atoms with Crippen LogP contribution in [0.1, 0.15) is 65.0 Å². The van der Waals surface area contributed by atoms with Gasteiger partial charge in [0.1, 0.15) is 11.6 Å². The van der Waals surface area contributed by atoms with Gasteiger partial charge in [0, 0.05) is 24.1 Å². The van der Waals surface area contributed by atoms with Crippen LogP contribution in [0.3, 0.4) is 0 Å². The number of hydrogen-bond acceptors (Lipinski definition) is 4. The van der Waals surface area contributed by atoms with E-state index in [1.165, 1.54) is 17.7 Å². The van der Waals surface area contributed by atoms with Crippen LogP contribution in [0.2, 0.25) is 0 Å².